The number of rotatable bonds is 4. The Balaban J connectivity index is 1.81. The van der Waals surface area contributed by atoms with Crippen molar-refractivity contribution < 1.29 is 4.74 Å². The van der Waals surface area contributed by atoms with Gasteiger partial charge in [0, 0.05) is 12.1 Å². The van der Waals surface area contributed by atoms with Gasteiger partial charge in [-0.15, -0.1) is 5.10 Å². The zero-order valence-corrected chi connectivity index (χ0v) is 11.6. The smallest absolute Gasteiger partial charge is 0.182 e. The number of methoxy groups -OCH3 is 1. The summed E-state index contributed by atoms with van der Waals surface area (Å²) in [6.07, 6.45) is 2.36. The highest BCUT2D eigenvalue weighted by molar-refractivity contribution is 5.57. The van der Waals surface area contributed by atoms with E-state index in [4.69, 9.17) is 4.74 Å². The Bertz CT molecular complexity index is 562. The minimum Gasteiger partial charge on any atom is -0.497 e. The Labute approximate surface area is 118 Å². The van der Waals surface area contributed by atoms with Gasteiger partial charge in [-0.3, -0.25) is 0 Å². The van der Waals surface area contributed by atoms with Crippen LogP contribution in [0.4, 0.5) is 0 Å². The average molecular weight is 273 g/mol. The fraction of sp³-hybridized carbons (Fsp3) is 0.500. The van der Waals surface area contributed by atoms with Crippen LogP contribution in [0, 0.1) is 5.92 Å². The lowest BCUT2D eigenvalue weighted by molar-refractivity contribution is 0.320. The second kappa shape index (κ2) is 6.00. The predicted octanol–water partition coefficient (Wildman–Crippen LogP) is 1.35. The van der Waals surface area contributed by atoms with Crippen LogP contribution in [0.5, 0.6) is 5.75 Å². The lowest BCUT2D eigenvalue weighted by atomic mass is 9.98. The fourth-order valence-corrected chi connectivity index (χ4v) is 2.61. The quantitative estimate of drug-likeness (QED) is 0.911. The molecule has 1 N–H and O–H groups in total. The highest BCUT2D eigenvalue weighted by Gasteiger charge is 2.17. The van der Waals surface area contributed by atoms with Crippen molar-refractivity contribution in [2.24, 2.45) is 5.92 Å². The lowest BCUT2D eigenvalue weighted by Crippen LogP contribution is -2.30. The molecule has 0 aliphatic carbocycles. The Morgan fingerprint density at radius 1 is 1.35 bits per heavy atom. The van der Waals surface area contributed by atoms with E-state index in [9.17, 15) is 0 Å². The van der Waals surface area contributed by atoms with Gasteiger partial charge in [0.1, 0.15) is 5.75 Å². The molecule has 1 aliphatic heterocycles. The first-order chi connectivity index (χ1) is 9.86. The molecule has 2 heterocycles. The van der Waals surface area contributed by atoms with Gasteiger partial charge in [0.15, 0.2) is 5.82 Å². The second-order valence-electron chi connectivity index (χ2n) is 5.11. The van der Waals surface area contributed by atoms with Crippen molar-refractivity contribution in [1.29, 1.82) is 0 Å². The van der Waals surface area contributed by atoms with Crippen LogP contribution in [-0.2, 0) is 6.54 Å². The Kier molecular flexibility index (Phi) is 3.92. The largest absolute Gasteiger partial charge is 0.497 e. The van der Waals surface area contributed by atoms with Crippen molar-refractivity contribution in [3.63, 3.8) is 0 Å². The van der Waals surface area contributed by atoms with E-state index in [-0.39, 0.29) is 0 Å². The fourth-order valence-electron chi connectivity index (χ4n) is 2.61. The number of nitrogens with zero attached hydrogens (tertiary/aromatic N) is 4. The molecule has 0 spiro atoms. The van der Waals surface area contributed by atoms with Crippen LogP contribution in [-0.4, -0.2) is 40.4 Å². The molecule has 1 fully saturated rings. The molecule has 6 nitrogen and oxygen atoms in total. The summed E-state index contributed by atoms with van der Waals surface area (Å²) in [7, 11) is 1.66. The van der Waals surface area contributed by atoms with E-state index in [0.29, 0.717) is 5.92 Å². The minimum atomic E-state index is 0.643. The highest BCUT2D eigenvalue weighted by atomic mass is 16.5. The van der Waals surface area contributed by atoms with Gasteiger partial charge in [0.05, 0.1) is 7.11 Å². The summed E-state index contributed by atoms with van der Waals surface area (Å²) in [5.74, 6) is 2.27. The van der Waals surface area contributed by atoms with E-state index in [1.54, 1.807) is 7.11 Å². The molecule has 0 bridgehead atoms. The molecule has 106 valence electrons. The van der Waals surface area contributed by atoms with E-state index in [1.807, 2.05) is 28.9 Å². The molecule has 1 aromatic heterocycles. The van der Waals surface area contributed by atoms with Crippen molar-refractivity contribution in [3.05, 3.63) is 24.3 Å². The number of tetrazole rings is 1. The van der Waals surface area contributed by atoms with Crippen molar-refractivity contribution in [2.75, 3.05) is 20.2 Å². The Morgan fingerprint density at radius 2 is 2.20 bits per heavy atom. The van der Waals surface area contributed by atoms with Crippen LogP contribution in [0.2, 0.25) is 0 Å². The number of hydrogen-bond donors (Lipinski definition) is 1. The molecule has 1 saturated heterocycles. The predicted molar refractivity (Wildman–Crippen MR) is 75.4 cm³/mol. The number of aromatic nitrogens is 4. The summed E-state index contributed by atoms with van der Waals surface area (Å²) >= 11 is 0. The second-order valence-corrected chi connectivity index (χ2v) is 5.11. The van der Waals surface area contributed by atoms with E-state index in [1.165, 1.54) is 12.8 Å². The summed E-state index contributed by atoms with van der Waals surface area (Å²) in [4.78, 5) is 0. The van der Waals surface area contributed by atoms with Crippen LogP contribution in [0.3, 0.4) is 0 Å². The summed E-state index contributed by atoms with van der Waals surface area (Å²) in [5, 5.41) is 15.5. The monoisotopic (exact) mass is 273 g/mol. The Morgan fingerprint density at radius 3 is 3.00 bits per heavy atom. The van der Waals surface area contributed by atoms with Gasteiger partial charge in [-0.2, -0.15) is 0 Å². The van der Waals surface area contributed by atoms with Crippen molar-refractivity contribution in [3.8, 4) is 17.1 Å². The van der Waals surface area contributed by atoms with Crippen LogP contribution >= 0.6 is 0 Å². The first-order valence-electron chi connectivity index (χ1n) is 6.98. The van der Waals surface area contributed by atoms with Crippen molar-refractivity contribution in [2.45, 2.75) is 19.4 Å². The molecular weight excluding hydrogens is 254 g/mol. The third-order valence-corrected chi connectivity index (χ3v) is 3.75. The molecule has 3 rings (SSSR count). The molecule has 0 amide bonds. The van der Waals surface area contributed by atoms with Gasteiger partial charge in [0.25, 0.3) is 0 Å². The van der Waals surface area contributed by atoms with E-state index in [2.05, 4.69) is 20.8 Å². The molecule has 20 heavy (non-hydrogen) atoms. The van der Waals surface area contributed by atoms with E-state index >= 15 is 0 Å². The Hall–Kier alpha value is -1.95. The van der Waals surface area contributed by atoms with E-state index in [0.717, 1.165) is 36.8 Å². The average Bonchev–Trinajstić information content (AvgIpc) is 2.96. The van der Waals surface area contributed by atoms with Gasteiger partial charge in [-0.25, -0.2) is 4.68 Å². The maximum Gasteiger partial charge on any atom is 0.182 e. The number of hydrogen-bond acceptors (Lipinski definition) is 5. The third kappa shape index (κ3) is 2.80. The molecule has 6 heteroatoms. The summed E-state index contributed by atoms with van der Waals surface area (Å²) in [5.41, 5.74) is 0.989. The maximum absolute atomic E-state index is 5.26. The molecule has 1 aliphatic rings. The zero-order valence-electron chi connectivity index (χ0n) is 11.6. The normalized spacial score (nSPS) is 16.2. The van der Waals surface area contributed by atoms with Crippen LogP contribution in [0.1, 0.15) is 12.8 Å². The molecule has 0 radical (unpaired) electrons. The third-order valence-electron chi connectivity index (χ3n) is 3.75. The minimum absolute atomic E-state index is 0.643. The maximum atomic E-state index is 5.26. The summed E-state index contributed by atoms with van der Waals surface area (Å²) in [6.45, 7) is 3.05. The SMILES string of the molecule is COc1cccc(-c2nnnn2CC2CCNCC2)c1. The molecule has 0 unspecified atom stereocenters. The lowest BCUT2D eigenvalue weighted by Gasteiger charge is -2.22. The molecule has 1 aromatic carbocycles. The molecule has 0 atom stereocenters. The number of ether oxygens (including phenoxy) is 1. The van der Waals surface area contributed by atoms with Gasteiger partial charge < -0.3 is 10.1 Å². The van der Waals surface area contributed by atoms with Crippen LogP contribution < -0.4 is 10.1 Å². The number of benzene rings is 1. The molecular formula is C14H19N5O. The molecule has 2 aromatic rings. The number of nitrogens with one attached hydrogen (secondary N) is 1. The van der Waals surface area contributed by atoms with Gasteiger partial charge in [-0.05, 0) is 54.4 Å². The summed E-state index contributed by atoms with van der Waals surface area (Å²) < 4.78 is 7.16. The van der Waals surface area contributed by atoms with E-state index < -0.39 is 0 Å². The van der Waals surface area contributed by atoms with Crippen LogP contribution in [0.15, 0.2) is 24.3 Å². The van der Waals surface area contributed by atoms with Gasteiger partial charge in [-0.1, -0.05) is 12.1 Å². The summed E-state index contributed by atoms with van der Waals surface area (Å²) in [6, 6.07) is 7.85. The van der Waals surface area contributed by atoms with Gasteiger partial charge >= 0.3 is 0 Å². The first kappa shape index (κ1) is 13.1. The topological polar surface area (TPSA) is 64.9 Å². The highest BCUT2D eigenvalue weighted by Crippen LogP contribution is 2.23. The van der Waals surface area contributed by atoms with Crippen LogP contribution in [0.25, 0.3) is 11.4 Å². The number of piperidine rings is 1. The van der Waals surface area contributed by atoms with Gasteiger partial charge in [0.2, 0.25) is 0 Å². The van der Waals surface area contributed by atoms with Crippen molar-refractivity contribution in [1.82, 2.24) is 25.5 Å². The molecule has 0 saturated carbocycles. The standard InChI is InChI=1S/C14H19N5O/c1-20-13-4-2-3-12(9-13)14-16-17-18-19(14)10-11-5-7-15-8-6-11/h2-4,9,11,15H,5-8,10H2,1H3. The zero-order chi connectivity index (χ0) is 13.8. The first-order valence-corrected chi connectivity index (χ1v) is 6.98. The van der Waals surface area contributed by atoms with Crippen molar-refractivity contribution >= 4 is 0 Å².